The van der Waals surface area contributed by atoms with Crippen LogP contribution in [-0.4, -0.2) is 40.4 Å². The van der Waals surface area contributed by atoms with Crippen molar-refractivity contribution in [3.05, 3.63) is 23.3 Å². The number of carbonyl (C=O) groups is 1. The topological polar surface area (TPSA) is 70.1 Å². The molecule has 0 bridgehead atoms. The van der Waals surface area contributed by atoms with Crippen LogP contribution in [0.5, 0.6) is 0 Å². The number of ketones is 1. The first-order valence-electron chi connectivity index (χ1n) is 14.0. The van der Waals surface area contributed by atoms with Gasteiger partial charge in [-0.1, -0.05) is 26.3 Å². The van der Waals surface area contributed by atoms with Gasteiger partial charge in [-0.25, -0.2) is 0 Å². The molecule has 4 fully saturated rings. The molecule has 34 heavy (non-hydrogen) atoms. The van der Waals surface area contributed by atoms with E-state index in [0.717, 1.165) is 25.2 Å². The zero-order chi connectivity index (χ0) is 24.2. The molecule has 6 aliphatic rings. The fraction of sp³-hybridized carbons (Fsp3) is 0.833. The van der Waals surface area contributed by atoms with Gasteiger partial charge in [0.1, 0.15) is 11.7 Å². The molecule has 2 N–H and O–H groups in total. The highest BCUT2D eigenvalue weighted by molar-refractivity contribution is 5.98. The molecular formula is C30H44O4. The molecule has 0 amide bonds. The minimum Gasteiger partial charge on any atom is -0.392 e. The van der Waals surface area contributed by atoms with Crippen LogP contribution in [0.25, 0.3) is 0 Å². The number of epoxide rings is 1. The fourth-order valence-electron chi connectivity index (χ4n) is 10.7. The van der Waals surface area contributed by atoms with Crippen LogP contribution in [0, 0.1) is 52.3 Å². The number of hydrogen-bond donors (Lipinski definition) is 2. The Balaban J connectivity index is 1.27. The second-order valence-electron chi connectivity index (χ2n) is 13.5. The average Bonchev–Trinajstić information content (AvgIpc) is 3.43. The van der Waals surface area contributed by atoms with E-state index < -0.39 is 17.1 Å². The Morgan fingerprint density at radius 3 is 2.65 bits per heavy atom. The zero-order valence-electron chi connectivity index (χ0n) is 21.7. The Bertz CT molecular complexity index is 951. The highest BCUT2D eigenvalue weighted by Gasteiger charge is 2.80. The van der Waals surface area contributed by atoms with Gasteiger partial charge in [0.25, 0.3) is 0 Å². The summed E-state index contributed by atoms with van der Waals surface area (Å²) in [6.45, 7) is 12.0. The second-order valence-corrected chi connectivity index (χ2v) is 13.5. The first kappa shape index (κ1) is 23.4. The van der Waals surface area contributed by atoms with Crippen LogP contribution in [0.2, 0.25) is 0 Å². The summed E-state index contributed by atoms with van der Waals surface area (Å²) in [5.41, 5.74) is 1.78. The maximum Gasteiger partial charge on any atom is 0.164 e. The van der Waals surface area contributed by atoms with E-state index in [1.54, 1.807) is 12.2 Å². The summed E-state index contributed by atoms with van der Waals surface area (Å²) in [6.07, 6.45) is 10.9. The molecule has 5 aliphatic carbocycles. The quantitative estimate of drug-likeness (QED) is 0.447. The second kappa shape index (κ2) is 7.52. The first-order valence-corrected chi connectivity index (χ1v) is 14.0. The fourth-order valence-corrected chi connectivity index (χ4v) is 10.7. The van der Waals surface area contributed by atoms with Gasteiger partial charge < -0.3 is 14.9 Å². The highest BCUT2D eigenvalue weighted by Crippen LogP contribution is 2.73. The number of hydrogen-bond acceptors (Lipinski definition) is 4. The van der Waals surface area contributed by atoms with Gasteiger partial charge in [0.15, 0.2) is 5.78 Å². The average molecular weight is 469 g/mol. The van der Waals surface area contributed by atoms with E-state index in [4.69, 9.17) is 4.74 Å². The van der Waals surface area contributed by atoms with Gasteiger partial charge in [-0.3, -0.25) is 4.79 Å². The van der Waals surface area contributed by atoms with Crippen molar-refractivity contribution in [3.8, 4) is 0 Å². The van der Waals surface area contributed by atoms with Crippen molar-refractivity contribution in [2.75, 3.05) is 6.61 Å². The number of ether oxygens (including phenoxy) is 1. The van der Waals surface area contributed by atoms with Gasteiger partial charge in [0.05, 0.1) is 18.1 Å². The monoisotopic (exact) mass is 468 g/mol. The van der Waals surface area contributed by atoms with Crippen molar-refractivity contribution in [2.24, 2.45) is 52.3 Å². The molecule has 0 aromatic rings. The van der Waals surface area contributed by atoms with Gasteiger partial charge in [-0.2, -0.15) is 0 Å². The Kier molecular flexibility index (Phi) is 5.18. The normalized spacial score (nSPS) is 54.7. The lowest BCUT2D eigenvalue weighted by Gasteiger charge is -2.58. The minimum atomic E-state index is -0.661. The highest BCUT2D eigenvalue weighted by atomic mass is 16.6. The van der Waals surface area contributed by atoms with Crippen molar-refractivity contribution in [3.63, 3.8) is 0 Å². The first-order chi connectivity index (χ1) is 16.1. The van der Waals surface area contributed by atoms with Gasteiger partial charge >= 0.3 is 0 Å². The van der Waals surface area contributed by atoms with Crippen LogP contribution in [0.4, 0.5) is 0 Å². The third-order valence-electron chi connectivity index (χ3n) is 12.6. The molecule has 0 aromatic heterocycles. The summed E-state index contributed by atoms with van der Waals surface area (Å²) < 4.78 is 6.29. The van der Waals surface area contributed by atoms with Crippen LogP contribution in [-0.2, 0) is 9.53 Å². The Labute approximate surface area is 205 Å². The number of carbonyl (C=O) groups excluding carboxylic acids is 1. The molecule has 3 saturated carbocycles. The molecule has 2 unspecified atom stereocenters. The summed E-state index contributed by atoms with van der Waals surface area (Å²) in [5.74, 6) is 4.27. The SMILES string of the molecule is CC1=C(CO)C(C)C[C@@H]([C@@H](C)[C@H]2CC[C@H]3[C@@H]4C[C@H]5O[C@]56C(O)C=CC(=O)[C@]6(C)[C@H]4CC[C@]23C)C1. The standard InChI is InChI=1S/C30H44O4/c1-16-12-19(13-17(2)21(16)15-31)18(3)22-6-7-23-20-14-27-30(34-27)26(33)9-8-25(32)29(30,5)24(20)10-11-28(22,23)4/h8-9,16,18-20,22-24,26-27,31,33H,6-7,10-15H2,1-5H3/t16?,18-,19-,20+,22-,23+,24+,26?,27-,28-,29+,30-/m1/s1. The van der Waals surface area contributed by atoms with E-state index >= 15 is 0 Å². The molecule has 0 radical (unpaired) electrons. The zero-order valence-corrected chi connectivity index (χ0v) is 21.7. The van der Waals surface area contributed by atoms with Crippen molar-refractivity contribution in [2.45, 2.75) is 97.4 Å². The predicted molar refractivity (Wildman–Crippen MR) is 132 cm³/mol. The summed E-state index contributed by atoms with van der Waals surface area (Å²) >= 11 is 0. The third-order valence-corrected chi connectivity index (χ3v) is 12.6. The minimum absolute atomic E-state index is 0.0327. The molecule has 1 spiro atoms. The third kappa shape index (κ3) is 2.74. The molecule has 12 atom stereocenters. The van der Waals surface area contributed by atoms with E-state index in [1.807, 2.05) is 0 Å². The van der Waals surface area contributed by atoms with E-state index in [-0.39, 0.29) is 18.5 Å². The Morgan fingerprint density at radius 1 is 1.18 bits per heavy atom. The lowest BCUT2D eigenvalue weighted by Crippen LogP contribution is -2.63. The Morgan fingerprint density at radius 2 is 1.94 bits per heavy atom. The molecule has 6 rings (SSSR count). The largest absolute Gasteiger partial charge is 0.392 e. The summed E-state index contributed by atoms with van der Waals surface area (Å²) in [6, 6.07) is 0. The van der Waals surface area contributed by atoms with Crippen molar-refractivity contribution < 1.29 is 19.7 Å². The smallest absolute Gasteiger partial charge is 0.164 e. The van der Waals surface area contributed by atoms with Crippen molar-refractivity contribution >= 4 is 5.78 Å². The number of allylic oxidation sites excluding steroid dienone is 2. The predicted octanol–water partition coefficient (Wildman–Crippen LogP) is 5.08. The van der Waals surface area contributed by atoms with Gasteiger partial charge in [-0.15, -0.1) is 0 Å². The number of aliphatic hydroxyl groups is 2. The molecule has 4 heteroatoms. The van der Waals surface area contributed by atoms with Crippen molar-refractivity contribution in [1.29, 1.82) is 0 Å². The van der Waals surface area contributed by atoms with E-state index in [1.165, 1.54) is 36.8 Å². The number of fused-ring (bicyclic) bond motifs is 4. The molecule has 4 nitrogen and oxygen atoms in total. The molecule has 1 heterocycles. The van der Waals surface area contributed by atoms with Gasteiger partial charge in [0, 0.05) is 0 Å². The molecule has 1 saturated heterocycles. The molecular weight excluding hydrogens is 424 g/mol. The van der Waals surface area contributed by atoms with E-state index in [9.17, 15) is 15.0 Å². The molecule has 188 valence electrons. The van der Waals surface area contributed by atoms with Crippen LogP contribution < -0.4 is 0 Å². The molecule has 1 aliphatic heterocycles. The Hall–Kier alpha value is -0.970. The lowest BCUT2D eigenvalue weighted by atomic mass is 9.44. The summed E-state index contributed by atoms with van der Waals surface area (Å²) in [4.78, 5) is 13.3. The van der Waals surface area contributed by atoms with Crippen LogP contribution >= 0.6 is 0 Å². The van der Waals surface area contributed by atoms with E-state index in [0.29, 0.717) is 40.9 Å². The van der Waals surface area contributed by atoms with Gasteiger partial charge in [0.2, 0.25) is 0 Å². The number of rotatable bonds is 3. The van der Waals surface area contributed by atoms with Crippen LogP contribution in [0.15, 0.2) is 23.3 Å². The van der Waals surface area contributed by atoms with E-state index in [2.05, 4.69) is 34.6 Å². The van der Waals surface area contributed by atoms with Crippen molar-refractivity contribution in [1.82, 2.24) is 0 Å². The maximum atomic E-state index is 13.3. The summed E-state index contributed by atoms with van der Waals surface area (Å²) in [5, 5.41) is 20.7. The van der Waals surface area contributed by atoms with Crippen LogP contribution in [0.3, 0.4) is 0 Å². The number of aliphatic hydroxyl groups excluding tert-OH is 2. The molecule has 0 aromatic carbocycles. The maximum absolute atomic E-state index is 13.3. The summed E-state index contributed by atoms with van der Waals surface area (Å²) in [7, 11) is 0. The lowest BCUT2D eigenvalue weighted by molar-refractivity contribution is -0.151. The van der Waals surface area contributed by atoms with Gasteiger partial charge in [-0.05, 0) is 123 Å². The van der Waals surface area contributed by atoms with Crippen LogP contribution in [0.1, 0.15) is 79.6 Å².